The van der Waals surface area contributed by atoms with Crippen LogP contribution in [0.25, 0.3) is 61.7 Å². The lowest BCUT2D eigenvalue weighted by Crippen LogP contribution is -2.16. The molecule has 5 heteroatoms. The van der Waals surface area contributed by atoms with Crippen LogP contribution in [0.15, 0.2) is 158 Å². The molecule has 0 atom stereocenters. The van der Waals surface area contributed by atoms with Crippen molar-refractivity contribution in [3.05, 3.63) is 164 Å². The van der Waals surface area contributed by atoms with Crippen LogP contribution in [0.4, 0.5) is 5.69 Å². The van der Waals surface area contributed by atoms with E-state index in [0.717, 1.165) is 55.4 Å². The van der Waals surface area contributed by atoms with E-state index in [-0.39, 0.29) is 0 Å². The molecule has 0 aliphatic carbocycles. The number of fused-ring (bicyclic) bond motifs is 3. The molecule has 0 bridgehead atoms. The Kier molecular flexibility index (Phi) is 6.42. The van der Waals surface area contributed by atoms with Crippen LogP contribution in [0.2, 0.25) is 0 Å². The van der Waals surface area contributed by atoms with Gasteiger partial charge in [-0.2, -0.15) is 9.97 Å². The monoisotopic (exact) mass is 579 g/mol. The lowest BCUT2D eigenvalue weighted by atomic mass is 9.95. The van der Waals surface area contributed by atoms with Gasteiger partial charge in [0, 0.05) is 33.8 Å². The number of para-hydroxylation sites is 1. The minimum atomic E-state index is 0.565. The Morgan fingerprint density at radius 2 is 1.18 bits per heavy atom. The normalized spacial score (nSPS) is 12.8. The van der Waals surface area contributed by atoms with Crippen molar-refractivity contribution in [3.63, 3.8) is 0 Å². The lowest BCUT2D eigenvalue weighted by Gasteiger charge is -2.27. The van der Waals surface area contributed by atoms with E-state index >= 15 is 0 Å². The molecule has 0 spiro atoms. The van der Waals surface area contributed by atoms with E-state index in [2.05, 4.69) is 95.9 Å². The number of hydrogen-bond donors (Lipinski definition) is 0. The third kappa shape index (κ3) is 4.53. The molecule has 0 radical (unpaired) electrons. The number of allylic oxidation sites excluding steroid dienone is 3. The molecule has 0 N–H and O–H groups in total. The summed E-state index contributed by atoms with van der Waals surface area (Å²) in [4.78, 5) is 17.4. The quantitative estimate of drug-likeness (QED) is 0.204. The zero-order valence-corrected chi connectivity index (χ0v) is 24.8. The van der Waals surface area contributed by atoms with E-state index in [9.17, 15) is 0 Å². The fraction of sp³-hybridized carbons (Fsp3) is 0.0250. The van der Waals surface area contributed by atoms with Crippen molar-refractivity contribution in [2.45, 2.75) is 6.92 Å². The molecule has 5 nitrogen and oxygen atoms in total. The second-order valence-corrected chi connectivity index (χ2v) is 11.1. The van der Waals surface area contributed by atoms with Crippen LogP contribution < -0.4 is 4.90 Å². The molecular formula is C40H29N5. The summed E-state index contributed by atoms with van der Waals surface area (Å²) in [6.07, 6.45) is 8.22. The largest absolute Gasteiger partial charge is 0.317 e. The summed E-state index contributed by atoms with van der Waals surface area (Å²) in [7, 11) is 0. The summed E-state index contributed by atoms with van der Waals surface area (Å²) in [6.45, 7) is 6.61. The highest BCUT2D eigenvalue weighted by molar-refractivity contribution is 6.17. The van der Waals surface area contributed by atoms with Gasteiger partial charge in [-0.3, -0.25) is 4.57 Å². The van der Waals surface area contributed by atoms with Gasteiger partial charge in [-0.1, -0.05) is 122 Å². The predicted molar refractivity (Wildman–Crippen MR) is 185 cm³/mol. The first kappa shape index (κ1) is 26.5. The Morgan fingerprint density at radius 1 is 0.600 bits per heavy atom. The molecule has 8 rings (SSSR count). The average molecular weight is 580 g/mol. The van der Waals surface area contributed by atoms with Gasteiger partial charge in [0.25, 0.3) is 0 Å². The molecule has 1 aliphatic heterocycles. The SMILES string of the molecule is C=C1C=CC=CN1c1c(C)c(-c2ccccc2)cc2c1c1ccccc1n2-c1nc(-c2ccccc2)nc(-c2ccccc2)n1. The van der Waals surface area contributed by atoms with Crippen molar-refractivity contribution in [3.8, 4) is 39.9 Å². The molecule has 3 heterocycles. The van der Waals surface area contributed by atoms with Crippen molar-refractivity contribution in [1.29, 1.82) is 0 Å². The minimum Gasteiger partial charge on any atom is -0.317 e. The van der Waals surface area contributed by atoms with Crippen molar-refractivity contribution in [2.75, 3.05) is 4.90 Å². The first-order valence-corrected chi connectivity index (χ1v) is 15.0. The second-order valence-electron chi connectivity index (χ2n) is 11.1. The van der Waals surface area contributed by atoms with Gasteiger partial charge in [-0.25, -0.2) is 4.98 Å². The molecule has 214 valence electrons. The number of rotatable bonds is 5. The highest BCUT2D eigenvalue weighted by atomic mass is 15.2. The van der Waals surface area contributed by atoms with Crippen LogP contribution in [0, 0.1) is 6.92 Å². The highest BCUT2D eigenvalue weighted by Crippen LogP contribution is 2.45. The standard InChI is InChI=1S/C40H29N5/c1-27-16-14-15-25-44(27)37-28(2)33(29-17-6-3-7-18-29)26-35-36(37)32-23-12-13-24-34(32)45(35)40-42-38(30-19-8-4-9-20-30)41-39(43-40)31-21-10-5-11-22-31/h3-26H,1H2,2H3. The Bertz CT molecular complexity index is 2220. The molecular weight excluding hydrogens is 550 g/mol. The van der Waals surface area contributed by atoms with E-state index < -0.39 is 0 Å². The van der Waals surface area contributed by atoms with Gasteiger partial charge < -0.3 is 4.90 Å². The van der Waals surface area contributed by atoms with Crippen molar-refractivity contribution in [1.82, 2.24) is 19.5 Å². The van der Waals surface area contributed by atoms with E-state index in [1.165, 1.54) is 5.56 Å². The van der Waals surface area contributed by atoms with E-state index in [0.29, 0.717) is 17.6 Å². The third-order valence-corrected chi connectivity index (χ3v) is 8.35. The predicted octanol–water partition coefficient (Wildman–Crippen LogP) is 9.68. The summed E-state index contributed by atoms with van der Waals surface area (Å²) in [6, 6.07) is 41.5. The number of hydrogen-bond acceptors (Lipinski definition) is 4. The summed E-state index contributed by atoms with van der Waals surface area (Å²) >= 11 is 0. The third-order valence-electron chi connectivity index (χ3n) is 8.35. The molecule has 0 fully saturated rings. The highest BCUT2D eigenvalue weighted by Gasteiger charge is 2.25. The number of anilines is 1. The average Bonchev–Trinajstić information content (AvgIpc) is 3.43. The van der Waals surface area contributed by atoms with Crippen LogP contribution >= 0.6 is 0 Å². The maximum Gasteiger partial charge on any atom is 0.238 e. The summed E-state index contributed by atoms with van der Waals surface area (Å²) in [5.74, 6) is 1.81. The smallest absolute Gasteiger partial charge is 0.238 e. The molecule has 0 unspecified atom stereocenters. The molecule has 1 aliphatic rings. The molecule has 2 aromatic heterocycles. The van der Waals surface area contributed by atoms with Gasteiger partial charge in [0.2, 0.25) is 5.95 Å². The van der Waals surface area contributed by atoms with Crippen molar-refractivity contribution in [2.24, 2.45) is 0 Å². The van der Waals surface area contributed by atoms with Gasteiger partial charge in [0.15, 0.2) is 11.6 Å². The van der Waals surface area contributed by atoms with Crippen molar-refractivity contribution < 1.29 is 0 Å². The van der Waals surface area contributed by atoms with E-state index in [4.69, 9.17) is 15.0 Å². The van der Waals surface area contributed by atoms with Gasteiger partial charge in [-0.05, 0) is 47.9 Å². The summed E-state index contributed by atoms with van der Waals surface area (Å²) in [5.41, 5.74) is 9.34. The lowest BCUT2D eigenvalue weighted by molar-refractivity contribution is 0.953. The van der Waals surface area contributed by atoms with Crippen LogP contribution in [-0.4, -0.2) is 19.5 Å². The summed E-state index contributed by atoms with van der Waals surface area (Å²) < 4.78 is 2.19. The fourth-order valence-electron chi connectivity index (χ4n) is 6.23. The number of benzene rings is 5. The van der Waals surface area contributed by atoms with Gasteiger partial charge in [0.1, 0.15) is 0 Å². The Balaban J connectivity index is 1.51. The maximum atomic E-state index is 5.14. The van der Waals surface area contributed by atoms with Gasteiger partial charge in [-0.15, -0.1) is 0 Å². The van der Waals surface area contributed by atoms with E-state index in [1.54, 1.807) is 0 Å². The van der Waals surface area contributed by atoms with Crippen LogP contribution in [0.5, 0.6) is 0 Å². The molecule has 0 amide bonds. The van der Waals surface area contributed by atoms with Crippen LogP contribution in [0.1, 0.15) is 5.56 Å². The number of nitrogens with zero attached hydrogens (tertiary/aromatic N) is 5. The molecule has 0 saturated carbocycles. The van der Waals surface area contributed by atoms with E-state index in [1.807, 2.05) is 72.8 Å². The van der Waals surface area contributed by atoms with Crippen LogP contribution in [0.3, 0.4) is 0 Å². The van der Waals surface area contributed by atoms with Crippen LogP contribution in [-0.2, 0) is 0 Å². The van der Waals surface area contributed by atoms with Gasteiger partial charge in [0.05, 0.1) is 16.7 Å². The zero-order chi connectivity index (χ0) is 30.3. The molecule has 5 aromatic carbocycles. The first-order chi connectivity index (χ1) is 22.2. The zero-order valence-electron chi connectivity index (χ0n) is 24.8. The molecule has 0 saturated heterocycles. The molecule has 45 heavy (non-hydrogen) atoms. The first-order valence-electron chi connectivity index (χ1n) is 15.0. The Morgan fingerprint density at radius 3 is 1.80 bits per heavy atom. The number of aromatic nitrogens is 4. The topological polar surface area (TPSA) is 46.8 Å². The Hall–Kier alpha value is -6.07. The minimum absolute atomic E-state index is 0.565. The van der Waals surface area contributed by atoms with Crippen molar-refractivity contribution >= 4 is 27.5 Å². The maximum absolute atomic E-state index is 5.14. The fourth-order valence-corrected chi connectivity index (χ4v) is 6.23. The second kappa shape index (κ2) is 10.9. The molecule has 7 aromatic rings. The Labute approximate surface area is 261 Å². The van der Waals surface area contributed by atoms with Gasteiger partial charge >= 0.3 is 0 Å². The summed E-state index contributed by atoms with van der Waals surface area (Å²) in [5, 5.41) is 2.23.